The Labute approximate surface area is 119 Å². The lowest BCUT2D eigenvalue weighted by Crippen LogP contribution is -2.12. The molecule has 2 aromatic heterocycles. The molecule has 0 fully saturated rings. The van der Waals surface area contributed by atoms with E-state index in [-0.39, 0.29) is 17.5 Å². The Morgan fingerprint density at radius 2 is 2.20 bits per heavy atom. The van der Waals surface area contributed by atoms with Crippen molar-refractivity contribution in [1.29, 1.82) is 0 Å². The highest BCUT2D eigenvalue weighted by Gasteiger charge is 2.23. The number of nitrogens with one attached hydrogen (secondary N) is 2. The predicted octanol–water partition coefficient (Wildman–Crippen LogP) is 2.36. The van der Waals surface area contributed by atoms with Gasteiger partial charge in [0.05, 0.1) is 11.0 Å². The minimum atomic E-state index is -0.480. The van der Waals surface area contributed by atoms with E-state index in [1.807, 2.05) is 12.3 Å². The topological polar surface area (TPSA) is 106 Å². The number of thiazole rings is 1. The number of nitrogens with zero attached hydrogens (tertiary/aromatic N) is 4. The average Bonchev–Trinajstić information content (AvgIpc) is 2.91. The fourth-order valence-electron chi connectivity index (χ4n) is 1.71. The molecule has 8 nitrogen and oxygen atoms in total. The van der Waals surface area contributed by atoms with Gasteiger partial charge in [0.15, 0.2) is 0 Å². The van der Waals surface area contributed by atoms with Gasteiger partial charge in [0, 0.05) is 18.6 Å². The monoisotopic (exact) mass is 294 g/mol. The molecule has 1 unspecified atom stereocenters. The first-order chi connectivity index (χ1) is 9.52. The Morgan fingerprint density at radius 3 is 2.75 bits per heavy atom. The van der Waals surface area contributed by atoms with Crippen molar-refractivity contribution in [3.05, 3.63) is 32.4 Å². The minimum Gasteiger partial charge on any atom is -0.357 e. The first-order valence-corrected chi connectivity index (χ1v) is 6.77. The highest BCUT2D eigenvalue weighted by atomic mass is 32.1. The van der Waals surface area contributed by atoms with Crippen LogP contribution in [0.1, 0.15) is 23.7 Å². The van der Waals surface area contributed by atoms with Gasteiger partial charge in [-0.05, 0) is 13.8 Å². The molecule has 2 heterocycles. The quantitative estimate of drug-likeness (QED) is 0.644. The Bertz CT molecular complexity index is 616. The minimum absolute atomic E-state index is 0.118. The molecule has 0 radical (unpaired) electrons. The van der Waals surface area contributed by atoms with Crippen LogP contribution in [0.25, 0.3) is 0 Å². The molecule has 0 saturated carbocycles. The van der Waals surface area contributed by atoms with Crippen molar-refractivity contribution in [2.75, 3.05) is 17.7 Å². The van der Waals surface area contributed by atoms with E-state index in [1.165, 1.54) is 11.3 Å². The van der Waals surface area contributed by atoms with Crippen molar-refractivity contribution < 1.29 is 4.92 Å². The summed E-state index contributed by atoms with van der Waals surface area (Å²) in [6.45, 7) is 3.46. The zero-order chi connectivity index (χ0) is 14.7. The summed E-state index contributed by atoms with van der Waals surface area (Å²) >= 11 is 1.48. The van der Waals surface area contributed by atoms with Crippen LogP contribution in [-0.2, 0) is 0 Å². The Morgan fingerprint density at radius 1 is 1.45 bits per heavy atom. The van der Waals surface area contributed by atoms with Crippen LogP contribution in [0.4, 0.5) is 17.5 Å². The molecular weight excluding hydrogens is 280 g/mol. The SMILES string of the molecule is CNc1nc(C)c([N+](=O)[O-])c(NC(C)c2nccs2)n1. The van der Waals surface area contributed by atoms with Crippen LogP contribution in [0.3, 0.4) is 0 Å². The maximum atomic E-state index is 11.2. The summed E-state index contributed by atoms with van der Waals surface area (Å²) in [4.78, 5) is 23.0. The molecule has 0 aliphatic heterocycles. The van der Waals surface area contributed by atoms with Crippen LogP contribution in [0, 0.1) is 17.0 Å². The normalized spacial score (nSPS) is 11.9. The maximum Gasteiger partial charge on any atom is 0.332 e. The van der Waals surface area contributed by atoms with Crippen LogP contribution in [0.15, 0.2) is 11.6 Å². The molecule has 0 aliphatic rings. The van der Waals surface area contributed by atoms with Crippen molar-refractivity contribution in [2.24, 2.45) is 0 Å². The van der Waals surface area contributed by atoms with Crippen molar-refractivity contribution >= 4 is 28.8 Å². The molecule has 2 aromatic rings. The fourth-order valence-corrected chi connectivity index (χ4v) is 2.36. The summed E-state index contributed by atoms with van der Waals surface area (Å²) in [5, 5.41) is 19.7. The second kappa shape index (κ2) is 5.78. The number of aryl methyl sites for hydroxylation is 1. The van der Waals surface area contributed by atoms with E-state index >= 15 is 0 Å². The highest BCUT2D eigenvalue weighted by molar-refractivity contribution is 7.09. The molecule has 9 heteroatoms. The van der Waals surface area contributed by atoms with Crippen LogP contribution >= 0.6 is 11.3 Å². The van der Waals surface area contributed by atoms with Gasteiger partial charge in [0.1, 0.15) is 10.7 Å². The zero-order valence-electron chi connectivity index (χ0n) is 11.2. The van der Waals surface area contributed by atoms with Gasteiger partial charge in [0.25, 0.3) is 0 Å². The number of anilines is 2. The van der Waals surface area contributed by atoms with Gasteiger partial charge in [-0.25, -0.2) is 9.97 Å². The molecule has 0 spiro atoms. The summed E-state index contributed by atoms with van der Waals surface area (Å²) in [5.41, 5.74) is 0.190. The first-order valence-electron chi connectivity index (χ1n) is 5.89. The number of rotatable bonds is 5. The lowest BCUT2D eigenvalue weighted by molar-refractivity contribution is -0.385. The summed E-state index contributed by atoms with van der Waals surface area (Å²) in [6, 6.07) is -0.173. The molecule has 0 aliphatic carbocycles. The van der Waals surface area contributed by atoms with E-state index in [4.69, 9.17) is 0 Å². The molecule has 2 rings (SSSR count). The van der Waals surface area contributed by atoms with Crippen molar-refractivity contribution in [2.45, 2.75) is 19.9 Å². The molecule has 0 amide bonds. The molecule has 20 heavy (non-hydrogen) atoms. The lowest BCUT2D eigenvalue weighted by Gasteiger charge is -2.13. The van der Waals surface area contributed by atoms with Crippen molar-refractivity contribution in [3.63, 3.8) is 0 Å². The molecule has 2 N–H and O–H groups in total. The largest absolute Gasteiger partial charge is 0.357 e. The molecule has 106 valence electrons. The number of hydrogen-bond donors (Lipinski definition) is 2. The number of nitro groups is 1. The van der Waals surface area contributed by atoms with Crippen LogP contribution in [0.5, 0.6) is 0 Å². The Kier molecular flexibility index (Phi) is 4.08. The van der Waals surface area contributed by atoms with E-state index in [0.29, 0.717) is 11.6 Å². The van der Waals surface area contributed by atoms with Crippen LogP contribution < -0.4 is 10.6 Å². The van der Waals surface area contributed by atoms with E-state index in [9.17, 15) is 10.1 Å². The third kappa shape index (κ3) is 2.82. The second-order valence-corrected chi connectivity index (χ2v) is 5.00. The van der Waals surface area contributed by atoms with Gasteiger partial charge in [-0.3, -0.25) is 10.1 Å². The molecular formula is C11H14N6O2S. The first kappa shape index (κ1) is 14.1. The lowest BCUT2D eigenvalue weighted by atomic mass is 10.3. The Hall–Kier alpha value is -2.29. The summed E-state index contributed by atoms with van der Waals surface area (Å²) in [5.74, 6) is 0.525. The smallest absolute Gasteiger partial charge is 0.332 e. The van der Waals surface area contributed by atoms with E-state index in [1.54, 1.807) is 20.2 Å². The summed E-state index contributed by atoms with van der Waals surface area (Å²) in [6.07, 6.45) is 1.69. The fraction of sp³-hybridized carbons (Fsp3) is 0.364. The molecule has 0 bridgehead atoms. The standard InChI is InChI=1S/C11H14N6O2S/c1-6-8(17(18)19)9(16-11(12-3)15-6)14-7(2)10-13-4-5-20-10/h4-5,7H,1-3H3,(H2,12,14,15,16). The summed E-state index contributed by atoms with van der Waals surface area (Å²) in [7, 11) is 1.66. The third-order valence-electron chi connectivity index (χ3n) is 2.64. The van der Waals surface area contributed by atoms with Gasteiger partial charge in [0.2, 0.25) is 11.8 Å². The van der Waals surface area contributed by atoms with Crippen molar-refractivity contribution in [1.82, 2.24) is 15.0 Å². The third-order valence-corrected chi connectivity index (χ3v) is 3.60. The predicted molar refractivity (Wildman–Crippen MR) is 77.1 cm³/mol. The maximum absolute atomic E-state index is 11.2. The van der Waals surface area contributed by atoms with E-state index < -0.39 is 4.92 Å². The second-order valence-electron chi connectivity index (χ2n) is 4.07. The van der Waals surface area contributed by atoms with Gasteiger partial charge in [-0.15, -0.1) is 11.3 Å². The molecule has 1 atom stereocenters. The van der Waals surface area contributed by atoms with Crippen molar-refractivity contribution in [3.8, 4) is 0 Å². The summed E-state index contributed by atoms with van der Waals surface area (Å²) < 4.78 is 0. The van der Waals surface area contributed by atoms with Crippen LogP contribution in [-0.4, -0.2) is 26.9 Å². The van der Waals surface area contributed by atoms with Gasteiger partial charge in [-0.2, -0.15) is 4.98 Å². The Balaban J connectivity index is 2.38. The number of hydrogen-bond acceptors (Lipinski definition) is 8. The highest BCUT2D eigenvalue weighted by Crippen LogP contribution is 2.30. The van der Waals surface area contributed by atoms with Crippen LogP contribution in [0.2, 0.25) is 0 Å². The zero-order valence-corrected chi connectivity index (χ0v) is 12.1. The van der Waals surface area contributed by atoms with Gasteiger partial charge in [-0.1, -0.05) is 0 Å². The number of aromatic nitrogens is 3. The van der Waals surface area contributed by atoms with Gasteiger partial charge < -0.3 is 10.6 Å². The van der Waals surface area contributed by atoms with E-state index in [2.05, 4.69) is 25.6 Å². The molecule has 0 aromatic carbocycles. The molecule has 0 saturated heterocycles. The van der Waals surface area contributed by atoms with Gasteiger partial charge >= 0.3 is 5.69 Å². The average molecular weight is 294 g/mol. The van der Waals surface area contributed by atoms with E-state index in [0.717, 1.165) is 5.01 Å².